The molecule has 0 aromatic heterocycles. The second kappa shape index (κ2) is 4.05. The van der Waals surface area contributed by atoms with E-state index in [1.807, 2.05) is 48.6 Å². The van der Waals surface area contributed by atoms with Crippen LogP contribution in [0, 0.1) is 5.41 Å². The van der Waals surface area contributed by atoms with Crippen molar-refractivity contribution < 1.29 is 0 Å². The SMILES string of the molecule is CN=C1C=CC(c2ccccc2)=CC1=N. The molecule has 0 atom stereocenters. The number of nitrogens with zero attached hydrogens (tertiary/aromatic N) is 1. The highest BCUT2D eigenvalue weighted by Crippen LogP contribution is 2.18. The number of hydrogen-bond acceptors (Lipinski definition) is 2. The topological polar surface area (TPSA) is 36.2 Å². The smallest absolute Gasteiger partial charge is 0.0820 e. The van der Waals surface area contributed by atoms with Crippen LogP contribution in [0.4, 0.5) is 0 Å². The molecule has 15 heavy (non-hydrogen) atoms. The maximum Gasteiger partial charge on any atom is 0.0820 e. The number of benzene rings is 1. The van der Waals surface area contributed by atoms with Crippen molar-refractivity contribution in [3.05, 3.63) is 54.1 Å². The molecule has 0 aliphatic heterocycles. The van der Waals surface area contributed by atoms with Crippen molar-refractivity contribution in [2.24, 2.45) is 4.99 Å². The van der Waals surface area contributed by atoms with Crippen LogP contribution < -0.4 is 0 Å². The largest absolute Gasteiger partial charge is 0.299 e. The monoisotopic (exact) mass is 196 g/mol. The Kier molecular flexibility index (Phi) is 2.59. The van der Waals surface area contributed by atoms with Crippen molar-refractivity contribution in [2.75, 3.05) is 7.05 Å². The zero-order valence-electron chi connectivity index (χ0n) is 8.57. The first-order valence-corrected chi connectivity index (χ1v) is 4.82. The van der Waals surface area contributed by atoms with E-state index in [0.717, 1.165) is 16.8 Å². The Hall–Kier alpha value is -1.96. The van der Waals surface area contributed by atoms with Gasteiger partial charge in [-0.05, 0) is 23.3 Å². The lowest BCUT2D eigenvalue weighted by atomic mass is 9.98. The van der Waals surface area contributed by atoms with Gasteiger partial charge in [-0.2, -0.15) is 0 Å². The summed E-state index contributed by atoms with van der Waals surface area (Å²) in [4.78, 5) is 4.02. The predicted octanol–water partition coefficient (Wildman–Crippen LogP) is 2.73. The van der Waals surface area contributed by atoms with E-state index in [2.05, 4.69) is 4.99 Å². The van der Waals surface area contributed by atoms with Gasteiger partial charge in [0.25, 0.3) is 0 Å². The molecule has 74 valence electrons. The first-order valence-electron chi connectivity index (χ1n) is 4.82. The van der Waals surface area contributed by atoms with E-state index < -0.39 is 0 Å². The van der Waals surface area contributed by atoms with E-state index in [0.29, 0.717) is 5.71 Å². The molecule has 0 bridgehead atoms. The molecule has 0 fully saturated rings. The van der Waals surface area contributed by atoms with Crippen molar-refractivity contribution >= 4 is 17.0 Å². The van der Waals surface area contributed by atoms with Crippen molar-refractivity contribution in [1.82, 2.24) is 0 Å². The summed E-state index contributed by atoms with van der Waals surface area (Å²) in [6, 6.07) is 10.1. The summed E-state index contributed by atoms with van der Waals surface area (Å²) in [5.74, 6) is 0. The molecule has 2 rings (SSSR count). The second-order valence-electron chi connectivity index (χ2n) is 3.32. The number of nitrogens with one attached hydrogen (secondary N) is 1. The van der Waals surface area contributed by atoms with Gasteiger partial charge >= 0.3 is 0 Å². The van der Waals surface area contributed by atoms with Crippen LogP contribution in [0.15, 0.2) is 53.6 Å². The van der Waals surface area contributed by atoms with Crippen LogP contribution in [0.3, 0.4) is 0 Å². The Morgan fingerprint density at radius 3 is 2.40 bits per heavy atom. The van der Waals surface area contributed by atoms with E-state index in [1.165, 1.54) is 0 Å². The summed E-state index contributed by atoms with van der Waals surface area (Å²) < 4.78 is 0. The van der Waals surface area contributed by atoms with Gasteiger partial charge in [-0.15, -0.1) is 0 Å². The highest BCUT2D eigenvalue weighted by molar-refractivity contribution is 6.51. The second-order valence-corrected chi connectivity index (χ2v) is 3.32. The minimum absolute atomic E-state index is 0.471. The molecule has 0 saturated heterocycles. The summed E-state index contributed by atoms with van der Waals surface area (Å²) in [6.45, 7) is 0. The third kappa shape index (κ3) is 1.94. The highest BCUT2D eigenvalue weighted by Gasteiger charge is 2.08. The van der Waals surface area contributed by atoms with Gasteiger partial charge in [-0.25, -0.2) is 0 Å². The van der Waals surface area contributed by atoms with Gasteiger partial charge in [0.2, 0.25) is 0 Å². The molecule has 1 aliphatic rings. The maximum atomic E-state index is 7.77. The van der Waals surface area contributed by atoms with Gasteiger partial charge in [0.1, 0.15) is 0 Å². The molecule has 0 saturated carbocycles. The van der Waals surface area contributed by atoms with Crippen molar-refractivity contribution in [3.63, 3.8) is 0 Å². The van der Waals surface area contributed by atoms with Gasteiger partial charge in [-0.3, -0.25) is 10.4 Å². The fraction of sp³-hybridized carbons (Fsp3) is 0.0769. The van der Waals surface area contributed by atoms with Gasteiger partial charge in [0.05, 0.1) is 11.4 Å². The summed E-state index contributed by atoms with van der Waals surface area (Å²) in [5, 5.41) is 7.77. The lowest BCUT2D eigenvalue weighted by Gasteiger charge is -2.09. The number of hydrogen-bond donors (Lipinski definition) is 1. The average Bonchev–Trinajstić information content (AvgIpc) is 2.30. The van der Waals surface area contributed by atoms with E-state index in [-0.39, 0.29) is 0 Å². The lowest BCUT2D eigenvalue weighted by molar-refractivity contribution is 1.44. The Balaban J connectivity index is 2.36. The van der Waals surface area contributed by atoms with E-state index in [4.69, 9.17) is 5.41 Å². The fourth-order valence-corrected chi connectivity index (χ4v) is 1.54. The molecule has 0 radical (unpaired) electrons. The fourth-order valence-electron chi connectivity index (χ4n) is 1.54. The quantitative estimate of drug-likeness (QED) is 0.670. The van der Waals surface area contributed by atoms with Crippen LogP contribution in [-0.4, -0.2) is 18.5 Å². The molecule has 0 unspecified atom stereocenters. The molecule has 1 aliphatic carbocycles. The summed E-state index contributed by atoms with van der Waals surface area (Å²) in [6.07, 6.45) is 5.72. The normalized spacial score (nSPS) is 18.1. The zero-order valence-corrected chi connectivity index (χ0v) is 8.57. The molecule has 2 nitrogen and oxygen atoms in total. The van der Waals surface area contributed by atoms with Crippen molar-refractivity contribution in [3.8, 4) is 0 Å². The molecular weight excluding hydrogens is 184 g/mol. The van der Waals surface area contributed by atoms with Crippen LogP contribution in [0.1, 0.15) is 5.56 Å². The molecule has 1 aromatic carbocycles. The molecule has 0 spiro atoms. The molecule has 0 heterocycles. The molecule has 0 amide bonds. The third-order valence-corrected chi connectivity index (χ3v) is 2.34. The molecular formula is C13H12N2. The van der Waals surface area contributed by atoms with Gasteiger partial charge in [-0.1, -0.05) is 36.4 Å². The Labute approximate surface area is 89.2 Å². The minimum Gasteiger partial charge on any atom is -0.299 e. The lowest BCUT2D eigenvalue weighted by Crippen LogP contribution is -2.11. The van der Waals surface area contributed by atoms with Crippen molar-refractivity contribution in [2.45, 2.75) is 0 Å². The third-order valence-electron chi connectivity index (χ3n) is 2.34. The van der Waals surface area contributed by atoms with Gasteiger partial charge in [0.15, 0.2) is 0 Å². The standard InChI is InChI=1S/C13H12N2/c1-15-13-8-7-11(9-12(13)14)10-5-3-2-4-6-10/h2-9,14H,1H3. The first kappa shape index (κ1) is 9.59. The highest BCUT2D eigenvalue weighted by atomic mass is 14.7. The minimum atomic E-state index is 0.471. The molecule has 1 aromatic rings. The van der Waals surface area contributed by atoms with Gasteiger partial charge < -0.3 is 0 Å². The maximum absolute atomic E-state index is 7.77. The summed E-state index contributed by atoms with van der Waals surface area (Å²) >= 11 is 0. The number of rotatable bonds is 1. The van der Waals surface area contributed by atoms with E-state index in [9.17, 15) is 0 Å². The summed E-state index contributed by atoms with van der Waals surface area (Å²) in [5.41, 5.74) is 3.40. The Bertz CT molecular complexity index is 465. The Morgan fingerprint density at radius 1 is 1.07 bits per heavy atom. The number of aliphatic imine (C=N–C) groups is 1. The van der Waals surface area contributed by atoms with Crippen LogP contribution >= 0.6 is 0 Å². The zero-order chi connectivity index (χ0) is 10.7. The first-order chi connectivity index (χ1) is 7.31. The van der Waals surface area contributed by atoms with Crippen molar-refractivity contribution in [1.29, 1.82) is 5.41 Å². The van der Waals surface area contributed by atoms with Crippen LogP contribution in [0.25, 0.3) is 5.57 Å². The number of allylic oxidation sites excluding steroid dienone is 4. The van der Waals surface area contributed by atoms with Gasteiger partial charge in [0, 0.05) is 7.05 Å². The van der Waals surface area contributed by atoms with Crippen LogP contribution in [-0.2, 0) is 0 Å². The average molecular weight is 196 g/mol. The predicted molar refractivity (Wildman–Crippen MR) is 64.6 cm³/mol. The Morgan fingerprint density at radius 2 is 1.80 bits per heavy atom. The molecule has 1 N–H and O–H groups in total. The van der Waals surface area contributed by atoms with Crippen LogP contribution in [0.5, 0.6) is 0 Å². The summed E-state index contributed by atoms with van der Waals surface area (Å²) in [7, 11) is 1.70. The van der Waals surface area contributed by atoms with Crippen LogP contribution in [0.2, 0.25) is 0 Å². The van der Waals surface area contributed by atoms with E-state index in [1.54, 1.807) is 7.05 Å². The van der Waals surface area contributed by atoms with E-state index >= 15 is 0 Å². The molecule has 2 heteroatoms.